The molecule has 1 aromatic heterocycles. The second-order valence-electron chi connectivity index (χ2n) is 5.21. The summed E-state index contributed by atoms with van der Waals surface area (Å²) in [4.78, 5) is 5.45. The summed E-state index contributed by atoms with van der Waals surface area (Å²) in [7, 11) is -3.81. The quantitative estimate of drug-likeness (QED) is 0.315. The molecule has 0 aliphatic rings. The zero-order valence-electron chi connectivity index (χ0n) is 12.2. The van der Waals surface area contributed by atoms with Gasteiger partial charge in [-0.2, -0.15) is 8.42 Å². The summed E-state index contributed by atoms with van der Waals surface area (Å²) in [5, 5.41) is 0.933. The highest BCUT2D eigenvalue weighted by Crippen LogP contribution is 2.23. The molecule has 0 saturated heterocycles. The van der Waals surface area contributed by atoms with Crippen molar-refractivity contribution in [2.45, 2.75) is 38.5 Å². The number of para-hydroxylation sites is 1. The fourth-order valence-corrected chi connectivity index (χ4v) is 4.02. The van der Waals surface area contributed by atoms with Crippen molar-refractivity contribution in [2.24, 2.45) is 0 Å². The molecule has 0 spiro atoms. The smallest absolute Gasteiger partial charge is 0.264 e. The van der Waals surface area contributed by atoms with E-state index in [1.807, 2.05) is 24.3 Å². The molecule has 2 rings (SSSR count). The first-order valence-electron chi connectivity index (χ1n) is 7.30. The Labute approximate surface area is 140 Å². The van der Waals surface area contributed by atoms with E-state index in [0.29, 0.717) is 6.42 Å². The van der Waals surface area contributed by atoms with Gasteiger partial charge >= 0.3 is 0 Å². The van der Waals surface area contributed by atoms with Gasteiger partial charge in [0.1, 0.15) is 5.01 Å². The first-order chi connectivity index (χ1) is 10.5. The Morgan fingerprint density at radius 3 is 2.55 bits per heavy atom. The molecule has 0 aliphatic heterocycles. The molecular weight excluding hydrogens is 338 g/mol. The van der Waals surface area contributed by atoms with Crippen molar-refractivity contribution in [1.82, 2.24) is 4.98 Å². The number of aromatic nitrogens is 1. The van der Waals surface area contributed by atoms with Crippen molar-refractivity contribution >= 4 is 48.8 Å². The van der Waals surface area contributed by atoms with E-state index in [1.54, 1.807) is 11.3 Å². The van der Waals surface area contributed by atoms with E-state index in [0.717, 1.165) is 52.2 Å². The molecule has 0 radical (unpaired) electrons. The molecule has 22 heavy (non-hydrogen) atoms. The summed E-state index contributed by atoms with van der Waals surface area (Å²) < 4.78 is 30.9. The number of fused-ring (bicyclic) bond motifs is 1. The van der Waals surface area contributed by atoms with Crippen molar-refractivity contribution in [3.05, 3.63) is 29.3 Å². The zero-order chi connectivity index (χ0) is 16.0. The summed E-state index contributed by atoms with van der Waals surface area (Å²) in [5.74, 6) is -0.142. The largest absolute Gasteiger partial charge is 0.286 e. The van der Waals surface area contributed by atoms with Gasteiger partial charge in [0.25, 0.3) is 10.1 Å². The van der Waals surface area contributed by atoms with Crippen molar-refractivity contribution in [1.29, 1.82) is 0 Å². The fraction of sp³-hybridized carbons (Fsp3) is 0.467. The van der Waals surface area contributed by atoms with Gasteiger partial charge < -0.3 is 0 Å². The predicted octanol–water partition coefficient (Wildman–Crippen LogP) is 4.24. The van der Waals surface area contributed by atoms with Crippen LogP contribution in [0.5, 0.6) is 0 Å². The molecule has 0 saturated carbocycles. The topological polar surface area (TPSA) is 67.3 Å². The van der Waals surface area contributed by atoms with Gasteiger partial charge in [-0.05, 0) is 31.4 Å². The number of rotatable bonds is 9. The highest BCUT2D eigenvalue weighted by molar-refractivity contribution is 7.85. The molecule has 4 nitrogen and oxygen atoms in total. The Hall–Kier alpha value is -0.890. The van der Waals surface area contributed by atoms with Gasteiger partial charge in [-0.1, -0.05) is 43.6 Å². The Bertz CT molecular complexity index is 704. The monoisotopic (exact) mass is 357 g/mol. The van der Waals surface area contributed by atoms with Crippen LogP contribution in [0.25, 0.3) is 10.2 Å². The fourth-order valence-electron chi connectivity index (χ4n) is 2.20. The Kier molecular flexibility index (Phi) is 6.43. The van der Waals surface area contributed by atoms with Crippen LogP contribution >= 0.6 is 23.6 Å². The number of benzene rings is 1. The number of unbranched alkanes of at least 4 members (excludes halogenated alkanes) is 4. The number of hydrogen-bond acceptors (Lipinski definition) is 5. The second kappa shape index (κ2) is 8.10. The van der Waals surface area contributed by atoms with Crippen molar-refractivity contribution in [3.63, 3.8) is 0 Å². The van der Waals surface area contributed by atoms with E-state index in [4.69, 9.17) is 16.8 Å². The molecule has 1 heterocycles. The molecule has 0 fully saturated rings. The first kappa shape index (κ1) is 17.5. The van der Waals surface area contributed by atoms with E-state index < -0.39 is 10.1 Å². The minimum absolute atomic E-state index is 0.142. The van der Waals surface area contributed by atoms with Gasteiger partial charge in [0.15, 0.2) is 0 Å². The zero-order valence-corrected chi connectivity index (χ0v) is 14.6. The summed E-state index contributed by atoms with van der Waals surface area (Å²) >= 11 is 7.08. The van der Waals surface area contributed by atoms with Crippen LogP contribution in [0, 0.1) is 0 Å². The van der Waals surface area contributed by atoms with Gasteiger partial charge in [0.2, 0.25) is 0 Å². The Morgan fingerprint density at radius 2 is 1.82 bits per heavy atom. The molecular formula is C15H19NO3S3. The predicted molar refractivity (Wildman–Crippen MR) is 95.4 cm³/mol. The van der Waals surface area contributed by atoms with E-state index >= 15 is 0 Å². The van der Waals surface area contributed by atoms with Crippen LogP contribution in [0.4, 0.5) is 0 Å². The number of thiocarbonyl (C=S) groups is 1. The third-order valence-corrected chi connectivity index (χ3v) is 5.77. The standard InChI is InChI=1S/C15H19NO3S3/c17-22(18,19)11-7-3-1-2-4-9-13(20)15-16-12-8-5-6-10-14(12)21-15/h5-6,8,10H,1-4,7,9,11H2,(H,17,18,19). The summed E-state index contributed by atoms with van der Waals surface area (Å²) in [6.45, 7) is 0. The summed E-state index contributed by atoms with van der Waals surface area (Å²) in [5.41, 5.74) is 0.995. The lowest BCUT2D eigenvalue weighted by molar-refractivity contribution is 0.479. The lowest BCUT2D eigenvalue weighted by atomic mass is 10.1. The Balaban J connectivity index is 1.67. The highest BCUT2D eigenvalue weighted by Gasteiger charge is 2.08. The second-order valence-corrected chi connectivity index (χ2v) is 8.31. The van der Waals surface area contributed by atoms with Crippen molar-refractivity contribution in [2.75, 3.05) is 5.75 Å². The summed E-state index contributed by atoms with van der Waals surface area (Å²) in [6.07, 6.45) is 5.12. The SMILES string of the molecule is O=S(=O)(O)CCCCCCCC(=S)c1nc2ccccc2s1. The van der Waals surface area contributed by atoms with Crippen LogP contribution in [-0.4, -0.2) is 28.6 Å². The van der Waals surface area contributed by atoms with Gasteiger partial charge in [-0.25, -0.2) is 4.98 Å². The number of hydrogen-bond donors (Lipinski definition) is 1. The van der Waals surface area contributed by atoms with Crippen molar-refractivity contribution in [3.8, 4) is 0 Å². The van der Waals surface area contributed by atoms with Gasteiger partial charge in [0.05, 0.1) is 20.8 Å². The van der Waals surface area contributed by atoms with Crippen molar-refractivity contribution < 1.29 is 13.0 Å². The molecule has 2 aromatic rings. The third kappa shape index (κ3) is 5.72. The van der Waals surface area contributed by atoms with E-state index in [9.17, 15) is 8.42 Å². The average Bonchev–Trinajstić information content (AvgIpc) is 2.89. The molecule has 0 amide bonds. The summed E-state index contributed by atoms with van der Waals surface area (Å²) in [6, 6.07) is 8.02. The molecule has 7 heteroatoms. The van der Waals surface area contributed by atoms with Gasteiger partial charge in [0, 0.05) is 0 Å². The van der Waals surface area contributed by atoms with E-state index in [-0.39, 0.29) is 5.75 Å². The molecule has 120 valence electrons. The van der Waals surface area contributed by atoms with Crippen LogP contribution in [0.15, 0.2) is 24.3 Å². The van der Waals surface area contributed by atoms with Crippen LogP contribution in [0.3, 0.4) is 0 Å². The van der Waals surface area contributed by atoms with Gasteiger partial charge in [-0.3, -0.25) is 4.55 Å². The van der Waals surface area contributed by atoms with E-state index in [1.165, 1.54) is 0 Å². The van der Waals surface area contributed by atoms with Crippen LogP contribution in [-0.2, 0) is 10.1 Å². The van der Waals surface area contributed by atoms with Crippen LogP contribution in [0.2, 0.25) is 0 Å². The maximum atomic E-state index is 10.6. The lowest BCUT2D eigenvalue weighted by Gasteiger charge is -2.01. The molecule has 0 bridgehead atoms. The maximum Gasteiger partial charge on any atom is 0.264 e. The van der Waals surface area contributed by atoms with E-state index in [2.05, 4.69) is 4.98 Å². The average molecular weight is 358 g/mol. The molecule has 0 atom stereocenters. The normalized spacial score (nSPS) is 11.9. The lowest BCUT2D eigenvalue weighted by Crippen LogP contribution is -2.03. The molecule has 0 unspecified atom stereocenters. The maximum absolute atomic E-state index is 10.6. The molecule has 0 aliphatic carbocycles. The first-order valence-corrected chi connectivity index (χ1v) is 10.1. The van der Waals surface area contributed by atoms with Crippen LogP contribution < -0.4 is 0 Å². The third-order valence-electron chi connectivity index (χ3n) is 3.34. The number of thiazole rings is 1. The Morgan fingerprint density at radius 1 is 1.14 bits per heavy atom. The molecule has 1 N–H and O–H groups in total. The van der Waals surface area contributed by atoms with Crippen LogP contribution in [0.1, 0.15) is 43.5 Å². The molecule has 1 aromatic carbocycles. The number of nitrogens with zero attached hydrogens (tertiary/aromatic N) is 1. The van der Waals surface area contributed by atoms with Gasteiger partial charge in [-0.15, -0.1) is 11.3 Å². The highest BCUT2D eigenvalue weighted by atomic mass is 32.2. The minimum Gasteiger partial charge on any atom is -0.286 e. The minimum atomic E-state index is -3.81.